The van der Waals surface area contributed by atoms with E-state index in [1.807, 2.05) is 20.8 Å². The molecular formula is C15H28N2O3. The lowest BCUT2D eigenvalue weighted by Gasteiger charge is -2.29. The molecule has 0 aromatic carbocycles. The van der Waals surface area contributed by atoms with Crippen LogP contribution in [-0.2, 0) is 4.79 Å². The molecule has 0 saturated carbocycles. The molecular weight excluding hydrogens is 256 g/mol. The molecule has 116 valence electrons. The number of carbonyl (C=O) groups excluding carboxylic acids is 1. The van der Waals surface area contributed by atoms with Crippen LogP contribution in [0.1, 0.15) is 53.4 Å². The second-order valence-corrected chi connectivity index (χ2v) is 6.28. The van der Waals surface area contributed by atoms with Gasteiger partial charge < -0.3 is 15.3 Å². The minimum atomic E-state index is -0.790. The fourth-order valence-corrected chi connectivity index (χ4v) is 2.78. The number of hydrogen-bond acceptors (Lipinski definition) is 2. The topological polar surface area (TPSA) is 69.6 Å². The Morgan fingerprint density at radius 3 is 2.45 bits per heavy atom. The Balaban J connectivity index is 2.58. The summed E-state index contributed by atoms with van der Waals surface area (Å²) in [5, 5.41) is 12.4. The molecule has 1 fully saturated rings. The Morgan fingerprint density at radius 2 is 2.00 bits per heavy atom. The maximum Gasteiger partial charge on any atom is 0.317 e. The van der Waals surface area contributed by atoms with Crippen LogP contribution >= 0.6 is 0 Å². The van der Waals surface area contributed by atoms with Gasteiger partial charge in [0.1, 0.15) is 0 Å². The number of aliphatic carboxylic acids is 1. The van der Waals surface area contributed by atoms with Crippen molar-refractivity contribution >= 4 is 12.0 Å². The molecule has 2 atom stereocenters. The molecule has 0 spiro atoms. The molecule has 0 bridgehead atoms. The maximum absolute atomic E-state index is 12.2. The van der Waals surface area contributed by atoms with E-state index in [0.717, 1.165) is 19.3 Å². The molecule has 1 rings (SSSR count). The summed E-state index contributed by atoms with van der Waals surface area (Å²) in [5.74, 6) is -0.767. The lowest BCUT2D eigenvalue weighted by molar-refractivity contribution is -0.150. The second-order valence-electron chi connectivity index (χ2n) is 6.28. The minimum absolute atomic E-state index is 0.0234. The molecule has 20 heavy (non-hydrogen) atoms. The van der Waals surface area contributed by atoms with Crippen molar-refractivity contribution < 1.29 is 14.7 Å². The smallest absolute Gasteiger partial charge is 0.317 e. The molecule has 2 amide bonds. The van der Waals surface area contributed by atoms with Crippen molar-refractivity contribution in [1.29, 1.82) is 0 Å². The zero-order chi connectivity index (χ0) is 15.3. The summed E-state index contributed by atoms with van der Waals surface area (Å²) in [6.07, 6.45) is 3.70. The standard InChI is InChI=1S/C15H28N2O3/c1-5-6-7-12(4)16-14(20)17-9-8-15(10-17,11(2)3)13(18)19/h11-12H,5-10H2,1-4H3,(H,16,20)(H,18,19). The molecule has 5 heteroatoms. The summed E-state index contributed by atoms with van der Waals surface area (Å²) in [4.78, 5) is 25.4. The molecule has 1 heterocycles. The molecule has 0 radical (unpaired) electrons. The number of likely N-dealkylation sites (tertiary alicyclic amines) is 1. The number of carboxylic acids is 1. The largest absolute Gasteiger partial charge is 0.481 e. The average Bonchev–Trinajstić information content (AvgIpc) is 2.82. The first-order valence-electron chi connectivity index (χ1n) is 7.62. The number of urea groups is 1. The zero-order valence-corrected chi connectivity index (χ0v) is 13.1. The van der Waals surface area contributed by atoms with Crippen LogP contribution < -0.4 is 5.32 Å². The van der Waals surface area contributed by atoms with Crippen molar-refractivity contribution in [1.82, 2.24) is 10.2 Å². The van der Waals surface area contributed by atoms with Gasteiger partial charge in [0.05, 0.1) is 5.41 Å². The number of nitrogens with zero attached hydrogens (tertiary/aromatic N) is 1. The van der Waals surface area contributed by atoms with E-state index in [1.165, 1.54) is 0 Å². The van der Waals surface area contributed by atoms with Gasteiger partial charge in [0.25, 0.3) is 0 Å². The molecule has 0 aromatic heterocycles. The highest BCUT2D eigenvalue weighted by molar-refractivity contribution is 5.80. The Bertz CT molecular complexity index is 357. The highest BCUT2D eigenvalue weighted by Crippen LogP contribution is 2.38. The van der Waals surface area contributed by atoms with Gasteiger partial charge in [-0.05, 0) is 25.7 Å². The molecule has 1 saturated heterocycles. The third kappa shape index (κ3) is 3.64. The number of rotatable bonds is 6. The summed E-state index contributed by atoms with van der Waals surface area (Å²) in [7, 11) is 0. The maximum atomic E-state index is 12.2. The number of carbonyl (C=O) groups is 2. The van der Waals surface area contributed by atoms with Crippen LogP contribution in [0, 0.1) is 11.3 Å². The zero-order valence-electron chi connectivity index (χ0n) is 13.1. The third-order valence-corrected chi connectivity index (χ3v) is 4.48. The highest BCUT2D eigenvalue weighted by Gasteiger charge is 2.48. The van der Waals surface area contributed by atoms with Gasteiger partial charge in [0.15, 0.2) is 0 Å². The fraction of sp³-hybridized carbons (Fsp3) is 0.867. The van der Waals surface area contributed by atoms with E-state index in [9.17, 15) is 14.7 Å². The first kappa shape index (κ1) is 16.8. The summed E-state index contributed by atoms with van der Waals surface area (Å²) in [6, 6.07) is 0.0127. The van der Waals surface area contributed by atoms with Gasteiger partial charge >= 0.3 is 12.0 Å². The van der Waals surface area contributed by atoms with E-state index < -0.39 is 11.4 Å². The molecule has 1 aliphatic heterocycles. The third-order valence-electron chi connectivity index (χ3n) is 4.48. The summed E-state index contributed by atoms with van der Waals surface area (Å²) < 4.78 is 0. The molecule has 1 aliphatic rings. The lowest BCUT2D eigenvalue weighted by atomic mass is 9.76. The first-order chi connectivity index (χ1) is 9.33. The number of amides is 2. The molecule has 0 aromatic rings. The normalized spacial score (nSPS) is 23.9. The van der Waals surface area contributed by atoms with Crippen LogP contribution in [0.25, 0.3) is 0 Å². The number of hydrogen-bond donors (Lipinski definition) is 2. The predicted octanol–water partition coefficient (Wildman–Crippen LogP) is 2.71. The molecule has 5 nitrogen and oxygen atoms in total. The first-order valence-corrected chi connectivity index (χ1v) is 7.62. The fourth-order valence-electron chi connectivity index (χ4n) is 2.78. The van der Waals surface area contributed by atoms with Crippen LogP contribution in [0.2, 0.25) is 0 Å². The van der Waals surface area contributed by atoms with E-state index in [-0.39, 0.29) is 18.0 Å². The second kappa shape index (κ2) is 6.95. The van der Waals surface area contributed by atoms with Crippen molar-refractivity contribution in [2.24, 2.45) is 11.3 Å². The van der Waals surface area contributed by atoms with Gasteiger partial charge in [-0.15, -0.1) is 0 Å². The number of unbranched alkanes of at least 4 members (excludes halogenated alkanes) is 1. The predicted molar refractivity (Wildman–Crippen MR) is 78.6 cm³/mol. The van der Waals surface area contributed by atoms with Gasteiger partial charge in [-0.1, -0.05) is 33.6 Å². The van der Waals surface area contributed by atoms with Gasteiger partial charge in [0, 0.05) is 19.1 Å². The van der Waals surface area contributed by atoms with E-state index in [2.05, 4.69) is 12.2 Å². The average molecular weight is 284 g/mol. The van der Waals surface area contributed by atoms with Crippen LogP contribution in [0.5, 0.6) is 0 Å². The number of nitrogens with one attached hydrogen (secondary N) is 1. The molecule has 2 N–H and O–H groups in total. The number of carboxylic acid groups (broad SMARTS) is 1. The van der Waals surface area contributed by atoms with Crippen LogP contribution in [0.15, 0.2) is 0 Å². The van der Waals surface area contributed by atoms with Crippen molar-refractivity contribution in [3.8, 4) is 0 Å². The van der Waals surface area contributed by atoms with Crippen molar-refractivity contribution in [2.75, 3.05) is 13.1 Å². The van der Waals surface area contributed by atoms with Crippen molar-refractivity contribution in [3.05, 3.63) is 0 Å². The lowest BCUT2D eigenvalue weighted by Crippen LogP contribution is -2.46. The van der Waals surface area contributed by atoms with E-state index >= 15 is 0 Å². The minimum Gasteiger partial charge on any atom is -0.481 e. The van der Waals surface area contributed by atoms with E-state index in [4.69, 9.17) is 0 Å². The summed E-state index contributed by atoms with van der Waals surface area (Å²) in [5.41, 5.74) is -0.788. The SMILES string of the molecule is CCCCC(C)NC(=O)N1CCC(C(=O)O)(C(C)C)C1. The van der Waals surface area contributed by atoms with Gasteiger partial charge in [-0.2, -0.15) is 0 Å². The van der Waals surface area contributed by atoms with Crippen LogP contribution in [-0.4, -0.2) is 41.1 Å². The van der Waals surface area contributed by atoms with Crippen molar-refractivity contribution in [3.63, 3.8) is 0 Å². The monoisotopic (exact) mass is 284 g/mol. The summed E-state index contributed by atoms with van der Waals surface area (Å²) >= 11 is 0. The van der Waals surface area contributed by atoms with E-state index in [0.29, 0.717) is 19.5 Å². The van der Waals surface area contributed by atoms with Crippen molar-refractivity contribution in [2.45, 2.75) is 59.4 Å². The van der Waals surface area contributed by atoms with Crippen LogP contribution in [0.3, 0.4) is 0 Å². The van der Waals surface area contributed by atoms with Gasteiger partial charge in [-0.25, -0.2) is 4.79 Å². The molecule has 2 unspecified atom stereocenters. The Morgan fingerprint density at radius 1 is 1.35 bits per heavy atom. The Labute approximate surface area is 121 Å². The van der Waals surface area contributed by atoms with Gasteiger partial charge in [-0.3, -0.25) is 4.79 Å². The Hall–Kier alpha value is -1.26. The Kier molecular flexibility index (Phi) is 5.84. The van der Waals surface area contributed by atoms with E-state index in [1.54, 1.807) is 4.90 Å². The van der Waals surface area contributed by atoms with Gasteiger partial charge in [0.2, 0.25) is 0 Å². The molecule has 0 aliphatic carbocycles. The highest BCUT2D eigenvalue weighted by atomic mass is 16.4. The van der Waals surface area contributed by atoms with Crippen LogP contribution in [0.4, 0.5) is 4.79 Å². The summed E-state index contributed by atoms with van der Waals surface area (Å²) in [6.45, 7) is 8.79. The quantitative estimate of drug-likeness (QED) is 0.788.